The summed E-state index contributed by atoms with van der Waals surface area (Å²) in [4.78, 5) is 20.4. The standard InChI is InChI=1S/C17H17N5O2/c23-17(24-14-4-2-1-3-5-14)21-12-10-20(11-13-21)16-7-8-18-15-6-9-19-22(15)16/h1-9H,10-13H2. The summed E-state index contributed by atoms with van der Waals surface area (Å²) in [7, 11) is 0. The third kappa shape index (κ3) is 2.76. The second-order valence-electron chi connectivity index (χ2n) is 5.56. The van der Waals surface area contributed by atoms with Gasteiger partial charge in [0.1, 0.15) is 11.6 Å². The lowest BCUT2D eigenvalue weighted by molar-refractivity contribution is 0.149. The number of anilines is 1. The van der Waals surface area contributed by atoms with Gasteiger partial charge in [0.15, 0.2) is 5.65 Å². The number of hydrogen-bond acceptors (Lipinski definition) is 5. The number of rotatable bonds is 2. The second-order valence-corrected chi connectivity index (χ2v) is 5.56. The Morgan fingerprint density at radius 2 is 1.75 bits per heavy atom. The zero-order valence-electron chi connectivity index (χ0n) is 13.1. The maximum atomic E-state index is 12.2. The van der Waals surface area contributed by atoms with Crippen LogP contribution in [-0.2, 0) is 0 Å². The minimum Gasteiger partial charge on any atom is -0.410 e. The molecule has 0 aliphatic carbocycles. The maximum Gasteiger partial charge on any atom is 0.415 e. The first-order chi connectivity index (χ1) is 11.8. The summed E-state index contributed by atoms with van der Waals surface area (Å²) in [5, 5.41) is 4.31. The van der Waals surface area contributed by atoms with E-state index in [0.29, 0.717) is 18.8 Å². The Morgan fingerprint density at radius 1 is 0.958 bits per heavy atom. The fourth-order valence-corrected chi connectivity index (χ4v) is 2.83. The van der Waals surface area contributed by atoms with E-state index in [-0.39, 0.29) is 6.09 Å². The van der Waals surface area contributed by atoms with E-state index in [0.717, 1.165) is 24.6 Å². The number of hydrogen-bond donors (Lipinski definition) is 0. The SMILES string of the molecule is O=C(Oc1ccccc1)N1CCN(c2ccnc3ccnn23)CC1. The zero-order chi connectivity index (χ0) is 16.4. The molecule has 3 aromatic rings. The van der Waals surface area contributed by atoms with E-state index in [9.17, 15) is 4.79 Å². The van der Waals surface area contributed by atoms with Crippen molar-refractivity contribution in [3.63, 3.8) is 0 Å². The Kier molecular flexibility index (Phi) is 3.74. The van der Waals surface area contributed by atoms with E-state index in [1.807, 2.05) is 34.8 Å². The van der Waals surface area contributed by atoms with Crippen LogP contribution in [0.15, 0.2) is 54.9 Å². The van der Waals surface area contributed by atoms with Crippen molar-refractivity contribution in [2.75, 3.05) is 31.1 Å². The zero-order valence-corrected chi connectivity index (χ0v) is 13.1. The summed E-state index contributed by atoms with van der Waals surface area (Å²) >= 11 is 0. The van der Waals surface area contributed by atoms with Crippen LogP contribution >= 0.6 is 0 Å². The number of amides is 1. The van der Waals surface area contributed by atoms with Crippen LogP contribution in [0.5, 0.6) is 5.75 Å². The Hall–Kier alpha value is -3.09. The lowest BCUT2D eigenvalue weighted by Gasteiger charge is -2.35. The van der Waals surface area contributed by atoms with Crippen molar-refractivity contribution in [3.8, 4) is 5.75 Å². The third-order valence-electron chi connectivity index (χ3n) is 4.08. The Bertz CT molecular complexity index is 840. The highest BCUT2D eigenvalue weighted by molar-refractivity contribution is 5.71. The van der Waals surface area contributed by atoms with E-state index in [4.69, 9.17) is 4.74 Å². The maximum absolute atomic E-state index is 12.2. The quantitative estimate of drug-likeness (QED) is 0.722. The van der Waals surface area contributed by atoms with Gasteiger partial charge in [-0.05, 0) is 18.2 Å². The number of fused-ring (bicyclic) bond motifs is 1. The van der Waals surface area contributed by atoms with Crippen molar-refractivity contribution >= 4 is 17.6 Å². The molecule has 3 heterocycles. The van der Waals surface area contributed by atoms with E-state index >= 15 is 0 Å². The number of benzene rings is 1. The molecule has 0 bridgehead atoms. The normalized spacial score (nSPS) is 14.8. The summed E-state index contributed by atoms with van der Waals surface area (Å²) in [6.45, 7) is 2.67. The van der Waals surface area contributed by atoms with Crippen molar-refractivity contribution in [1.82, 2.24) is 19.5 Å². The van der Waals surface area contributed by atoms with E-state index < -0.39 is 0 Å². The minimum absolute atomic E-state index is 0.306. The first-order valence-electron chi connectivity index (χ1n) is 7.87. The van der Waals surface area contributed by atoms with E-state index in [1.54, 1.807) is 29.4 Å². The van der Waals surface area contributed by atoms with Crippen LogP contribution in [0.2, 0.25) is 0 Å². The van der Waals surface area contributed by atoms with Crippen LogP contribution in [0.1, 0.15) is 0 Å². The van der Waals surface area contributed by atoms with Crippen LogP contribution in [-0.4, -0.2) is 51.8 Å². The van der Waals surface area contributed by atoms with Gasteiger partial charge in [-0.1, -0.05) is 18.2 Å². The highest BCUT2D eigenvalue weighted by Gasteiger charge is 2.24. The lowest BCUT2D eigenvalue weighted by atomic mass is 10.3. The van der Waals surface area contributed by atoms with Gasteiger partial charge in [-0.25, -0.2) is 9.78 Å². The molecule has 0 spiro atoms. The highest BCUT2D eigenvalue weighted by atomic mass is 16.6. The van der Waals surface area contributed by atoms with Crippen LogP contribution in [0.25, 0.3) is 5.65 Å². The van der Waals surface area contributed by atoms with Gasteiger partial charge in [0, 0.05) is 38.4 Å². The van der Waals surface area contributed by atoms with Gasteiger partial charge in [0.05, 0.1) is 6.20 Å². The molecular formula is C17H17N5O2. The minimum atomic E-state index is -0.306. The largest absolute Gasteiger partial charge is 0.415 e. The summed E-state index contributed by atoms with van der Waals surface area (Å²) < 4.78 is 7.21. The topological polar surface area (TPSA) is 63.0 Å². The number of carbonyl (C=O) groups is 1. The summed E-state index contributed by atoms with van der Waals surface area (Å²) in [5.41, 5.74) is 0.818. The molecule has 0 N–H and O–H groups in total. The number of aromatic nitrogens is 3. The van der Waals surface area contributed by atoms with Crippen LogP contribution in [0.3, 0.4) is 0 Å². The molecule has 0 unspecified atom stereocenters. The third-order valence-corrected chi connectivity index (χ3v) is 4.08. The Balaban J connectivity index is 1.41. The van der Waals surface area contributed by atoms with Crippen LogP contribution in [0, 0.1) is 0 Å². The van der Waals surface area contributed by atoms with Crippen molar-refractivity contribution in [1.29, 1.82) is 0 Å². The molecule has 0 saturated carbocycles. The molecule has 7 nitrogen and oxygen atoms in total. The van der Waals surface area contributed by atoms with Crippen LogP contribution in [0.4, 0.5) is 10.6 Å². The van der Waals surface area contributed by atoms with Gasteiger partial charge in [-0.3, -0.25) is 0 Å². The number of para-hydroxylation sites is 1. The molecule has 122 valence electrons. The Labute approximate surface area is 139 Å². The van der Waals surface area contributed by atoms with Gasteiger partial charge in [-0.2, -0.15) is 9.61 Å². The molecule has 1 amide bonds. The fourth-order valence-electron chi connectivity index (χ4n) is 2.83. The average molecular weight is 323 g/mol. The summed E-state index contributed by atoms with van der Waals surface area (Å²) in [6.07, 6.45) is 3.21. The average Bonchev–Trinajstić information content (AvgIpc) is 3.11. The predicted molar refractivity (Wildman–Crippen MR) is 89.2 cm³/mol. The molecule has 1 aliphatic heterocycles. The fraction of sp³-hybridized carbons (Fsp3) is 0.235. The molecule has 4 rings (SSSR count). The number of nitrogens with zero attached hydrogens (tertiary/aromatic N) is 5. The highest BCUT2D eigenvalue weighted by Crippen LogP contribution is 2.17. The Morgan fingerprint density at radius 3 is 2.54 bits per heavy atom. The second kappa shape index (κ2) is 6.19. The molecule has 0 atom stereocenters. The number of carbonyl (C=O) groups excluding carboxylic acids is 1. The molecule has 2 aromatic heterocycles. The summed E-state index contributed by atoms with van der Waals surface area (Å²) in [5.74, 6) is 1.55. The van der Waals surface area contributed by atoms with Gasteiger partial charge in [-0.15, -0.1) is 0 Å². The van der Waals surface area contributed by atoms with Crippen molar-refractivity contribution in [2.45, 2.75) is 0 Å². The van der Waals surface area contributed by atoms with Crippen molar-refractivity contribution < 1.29 is 9.53 Å². The first kappa shape index (κ1) is 14.5. The van der Waals surface area contributed by atoms with Gasteiger partial charge < -0.3 is 14.5 Å². The predicted octanol–water partition coefficient (Wildman–Crippen LogP) is 2.05. The molecule has 1 aromatic carbocycles. The summed E-state index contributed by atoms with van der Waals surface area (Å²) in [6, 6.07) is 13.0. The molecule has 1 fully saturated rings. The van der Waals surface area contributed by atoms with Gasteiger partial charge >= 0.3 is 6.09 Å². The number of ether oxygens (including phenoxy) is 1. The van der Waals surface area contributed by atoms with Crippen LogP contribution < -0.4 is 9.64 Å². The lowest BCUT2D eigenvalue weighted by Crippen LogP contribution is -2.50. The smallest absolute Gasteiger partial charge is 0.410 e. The van der Waals surface area contributed by atoms with Crippen molar-refractivity contribution in [3.05, 3.63) is 54.9 Å². The van der Waals surface area contributed by atoms with E-state index in [1.165, 1.54) is 0 Å². The first-order valence-corrected chi connectivity index (χ1v) is 7.87. The molecule has 24 heavy (non-hydrogen) atoms. The van der Waals surface area contributed by atoms with Gasteiger partial charge in [0.25, 0.3) is 0 Å². The molecule has 1 saturated heterocycles. The molecule has 1 aliphatic rings. The van der Waals surface area contributed by atoms with Crippen molar-refractivity contribution in [2.24, 2.45) is 0 Å². The van der Waals surface area contributed by atoms with E-state index in [2.05, 4.69) is 15.0 Å². The number of piperazine rings is 1. The van der Waals surface area contributed by atoms with Gasteiger partial charge in [0.2, 0.25) is 0 Å². The monoisotopic (exact) mass is 323 g/mol. The molecular weight excluding hydrogens is 306 g/mol. The molecule has 7 heteroatoms. The molecule has 0 radical (unpaired) electrons.